The first-order valence-corrected chi connectivity index (χ1v) is 8.97. The molecule has 0 unspecified atom stereocenters. The predicted octanol–water partition coefficient (Wildman–Crippen LogP) is 0.684. The Kier molecular flexibility index (Phi) is 3.45. The van der Waals surface area contributed by atoms with Gasteiger partial charge in [0.1, 0.15) is 11.7 Å². The lowest BCUT2D eigenvalue weighted by molar-refractivity contribution is -0.138. The maximum absolute atomic E-state index is 12.9. The number of aromatic nitrogens is 2. The van der Waals surface area contributed by atoms with Gasteiger partial charge in [-0.2, -0.15) is 0 Å². The maximum Gasteiger partial charge on any atom is 0.263 e. The largest absolute Gasteiger partial charge is 0.343 e. The third kappa shape index (κ3) is 2.26. The molecule has 3 aliphatic heterocycles. The molecule has 27 heavy (non-hydrogen) atoms. The third-order valence-electron chi connectivity index (χ3n) is 5.81. The number of nitrogens with zero attached hydrogens (tertiary/aromatic N) is 3. The number of carbonyl (C=O) groups excluding carboxylic acids is 2. The number of ether oxygens (including phenoxy) is 1. The molecule has 0 bridgehead atoms. The molecular formula is C19H18N4O4. The van der Waals surface area contributed by atoms with Gasteiger partial charge in [-0.05, 0) is 5.56 Å². The van der Waals surface area contributed by atoms with Crippen LogP contribution in [0.2, 0.25) is 0 Å². The molecule has 8 nitrogen and oxygen atoms in total. The summed E-state index contributed by atoms with van der Waals surface area (Å²) in [7, 11) is 0. The number of hydrogen-bond donors (Lipinski definition) is 1. The third-order valence-corrected chi connectivity index (χ3v) is 5.81. The summed E-state index contributed by atoms with van der Waals surface area (Å²) in [4.78, 5) is 47.2. The fourth-order valence-electron chi connectivity index (χ4n) is 4.56. The van der Waals surface area contributed by atoms with Gasteiger partial charge >= 0.3 is 0 Å². The first kappa shape index (κ1) is 16.2. The van der Waals surface area contributed by atoms with Crippen molar-refractivity contribution in [3.8, 4) is 0 Å². The van der Waals surface area contributed by atoms with Crippen LogP contribution in [0.3, 0.4) is 0 Å². The van der Waals surface area contributed by atoms with Gasteiger partial charge in [-0.1, -0.05) is 30.3 Å². The standard InChI is InChI=1S/C19H18N4O4/c24-16-8-15-19(23(16)10-14(27-19)12-4-2-1-3-5-12)6-7-22(15)18(26)13-9-20-11-21-17(13)25/h1-5,9,11,14-15H,6-8,10H2,(H,20,21,25)/t14-,15+,19-/m0/s1. The molecule has 8 heteroatoms. The summed E-state index contributed by atoms with van der Waals surface area (Å²) in [6.45, 7) is 0.915. The van der Waals surface area contributed by atoms with Gasteiger partial charge in [0.2, 0.25) is 5.91 Å². The van der Waals surface area contributed by atoms with E-state index in [1.165, 1.54) is 12.5 Å². The van der Waals surface area contributed by atoms with Crippen LogP contribution in [0.15, 0.2) is 47.7 Å². The number of amides is 2. The highest BCUT2D eigenvalue weighted by molar-refractivity contribution is 5.95. The Morgan fingerprint density at radius 3 is 2.85 bits per heavy atom. The number of rotatable bonds is 2. The average molecular weight is 366 g/mol. The van der Waals surface area contributed by atoms with E-state index < -0.39 is 23.2 Å². The SMILES string of the molecule is O=C(c1cnc[nH]c1=O)N1CC[C@@]23O[C@H](c4ccccc4)CN2C(=O)C[C@@H]13. The van der Waals surface area contributed by atoms with Crippen molar-refractivity contribution in [1.82, 2.24) is 19.8 Å². The van der Waals surface area contributed by atoms with Crippen molar-refractivity contribution in [2.45, 2.75) is 30.7 Å². The van der Waals surface area contributed by atoms with E-state index in [1.54, 1.807) is 9.80 Å². The fourth-order valence-corrected chi connectivity index (χ4v) is 4.56. The van der Waals surface area contributed by atoms with Gasteiger partial charge < -0.3 is 19.5 Å². The zero-order valence-corrected chi connectivity index (χ0v) is 14.5. The van der Waals surface area contributed by atoms with E-state index in [0.29, 0.717) is 19.5 Å². The van der Waals surface area contributed by atoms with E-state index >= 15 is 0 Å². The second-order valence-corrected chi connectivity index (χ2v) is 7.13. The maximum atomic E-state index is 12.9. The van der Waals surface area contributed by atoms with Crippen LogP contribution in [0.4, 0.5) is 0 Å². The molecule has 4 heterocycles. The molecule has 0 aliphatic carbocycles. The number of carbonyl (C=O) groups is 2. The lowest BCUT2D eigenvalue weighted by Gasteiger charge is -2.31. The molecule has 0 saturated carbocycles. The van der Waals surface area contributed by atoms with Crippen LogP contribution in [-0.2, 0) is 9.53 Å². The van der Waals surface area contributed by atoms with Gasteiger partial charge in [0.05, 0.1) is 25.3 Å². The number of H-pyrrole nitrogens is 1. The number of aromatic amines is 1. The number of nitrogens with one attached hydrogen (secondary N) is 1. The van der Waals surface area contributed by atoms with Gasteiger partial charge in [-0.15, -0.1) is 0 Å². The van der Waals surface area contributed by atoms with Gasteiger partial charge in [-0.3, -0.25) is 14.4 Å². The second kappa shape index (κ2) is 5.75. The van der Waals surface area contributed by atoms with Crippen LogP contribution in [0.25, 0.3) is 0 Å². The van der Waals surface area contributed by atoms with E-state index in [1.807, 2.05) is 30.3 Å². The smallest absolute Gasteiger partial charge is 0.263 e. The quantitative estimate of drug-likeness (QED) is 0.843. The van der Waals surface area contributed by atoms with Crippen LogP contribution in [-0.4, -0.2) is 56.4 Å². The van der Waals surface area contributed by atoms with Crippen molar-refractivity contribution >= 4 is 11.8 Å². The molecule has 3 aliphatic rings. The molecular weight excluding hydrogens is 348 g/mol. The molecule has 5 rings (SSSR count). The van der Waals surface area contributed by atoms with E-state index in [-0.39, 0.29) is 24.0 Å². The average Bonchev–Trinajstić information content (AvgIpc) is 3.31. The Bertz CT molecular complexity index is 975. The first-order chi connectivity index (χ1) is 13.1. The van der Waals surface area contributed by atoms with Crippen molar-refractivity contribution in [2.75, 3.05) is 13.1 Å². The van der Waals surface area contributed by atoms with Gasteiger partial charge in [0, 0.05) is 19.2 Å². The Balaban J connectivity index is 1.47. The Morgan fingerprint density at radius 2 is 2.07 bits per heavy atom. The summed E-state index contributed by atoms with van der Waals surface area (Å²) in [6, 6.07) is 9.39. The second-order valence-electron chi connectivity index (χ2n) is 7.13. The van der Waals surface area contributed by atoms with Crippen LogP contribution in [0, 0.1) is 0 Å². The first-order valence-electron chi connectivity index (χ1n) is 8.97. The van der Waals surface area contributed by atoms with E-state index in [9.17, 15) is 14.4 Å². The Labute approximate surface area is 154 Å². The van der Waals surface area contributed by atoms with Crippen LogP contribution >= 0.6 is 0 Å². The molecule has 3 saturated heterocycles. The summed E-state index contributed by atoms with van der Waals surface area (Å²) in [5.41, 5.74) is -0.284. The van der Waals surface area contributed by atoms with Crippen molar-refractivity contribution < 1.29 is 14.3 Å². The monoisotopic (exact) mass is 366 g/mol. The lowest BCUT2D eigenvalue weighted by atomic mass is 10.1. The minimum Gasteiger partial charge on any atom is -0.343 e. The molecule has 3 fully saturated rings. The highest BCUT2D eigenvalue weighted by Gasteiger charge is 2.65. The fraction of sp³-hybridized carbons (Fsp3) is 0.368. The molecule has 2 aromatic rings. The summed E-state index contributed by atoms with van der Waals surface area (Å²) in [6.07, 6.45) is 3.05. The molecule has 1 aromatic heterocycles. The lowest BCUT2D eigenvalue weighted by Crippen LogP contribution is -2.49. The Morgan fingerprint density at radius 1 is 1.26 bits per heavy atom. The molecule has 1 N–H and O–H groups in total. The van der Waals surface area contributed by atoms with E-state index in [2.05, 4.69) is 9.97 Å². The molecule has 138 valence electrons. The summed E-state index contributed by atoms with van der Waals surface area (Å²) >= 11 is 0. The van der Waals surface area contributed by atoms with Crippen molar-refractivity contribution in [1.29, 1.82) is 0 Å². The normalized spacial score (nSPS) is 29.1. The van der Waals surface area contributed by atoms with Gasteiger partial charge in [0.25, 0.3) is 11.5 Å². The topological polar surface area (TPSA) is 95.6 Å². The zero-order chi connectivity index (χ0) is 18.6. The molecule has 1 spiro atoms. The summed E-state index contributed by atoms with van der Waals surface area (Å²) < 4.78 is 6.41. The number of likely N-dealkylation sites (tertiary alicyclic amines) is 1. The zero-order valence-electron chi connectivity index (χ0n) is 14.5. The minimum absolute atomic E-state index is 0.0157. The summed E-state index contributed by atoms with van der Waals surface area (Å²) in [5, 5.41) is 0. The highest BCUT2D eigenvalue weighted by atomic mass is 16.5. The minimum atomic E-state index is -0.803. The summed E-state index contributed by atoms with van der Waals surface area (Å²) in [5.74, 6) is -0.427. The Hall–Kier alpha value is -3.00. The van der Waals surface area contributed by atoms with E-state index in [0.717, 1.165) is 5.56 Å². The van der Waals surface area contributed by atoms with Crippen molar-refractivity contribution in [2.24, 2.45) is 0 Å². The van der Waals surface area contributed by atoms with Crippen molar-refractivity contribution in [3.63, 3.8) is 0 Å². The predicted molar refractivity (Wildman–Crippen MR) is 93.6 cm³/mol. The molecule has 1 aromatic carbocycles. The molecule has 0 radical (unpaired) electrons. The van der Waals surface area contributed by atoms with Crippen molar-refractivity contribution in [3.05, 3.63) is 64.3 Å². The molecule has 3 atom stereocenters. The highest BCUT2D eigenvalue weighted by Crippen LogP contribution is 2.50. The van der Waals surface area contributed by atoms with Gasteiger partial charge in [0.15, 0.2) is 5.72 Å². The van der Waals surface area contributed by atoms with Crippen LogP contribution in [0.5, 0.6) is 0 Å². The molecule has 2 amide bonds. The number of hydrogen-bond acceptors (Lipinski definition) is 5. The van der Waals surface area contributed by atoms with E-state index in [4.69, 9.17) is 4.74 Å². The van der Waals surface area contributed by atoms with Crippen LogP contribution in [0.1, 0.15) is 34.9 Å². The number of benzene rings is 1. The van der Waals surface area contributed by atoms with Crippen LogP contribution < -0.4 is 5.56 Å². The van der Waals surface area contributed by atoms with Gasteiger partial charge in [-0.25, -0.2) is 4.98 Å².